The second-order valence-electron chi connectivity index (χ2n) is 7.88. The molecule has 3 atom stereocenters. The molecular weight excluding hydrogens is 384 g/mol. The van der Waals surface area contributed by atoms with Crippen LogP contribution in [0.1, 0.15) is 38.7 Å². The molecule has 30 heavy (non-hydrogen) atoms. The summed E-state index contributed by atoms with van der Waals surface area (Å²) >= 11 is 0. The summed E-state index contributed by atoms with van der Waals surface area (Å²) < 4.78 is 0. The number of rotatable bonds is 10. The van der Waals surface area contributed by atoms with Crippen molar-refractivity contribution >= 4 is 28.7 Å². The van der Waals surface area contributed by atoms with Gasteiger partial charge in [-0.25, -0.2) is 4.79 Å². The van der Waals surface area contributed by atoms with Crippen molar-refractivity contribution in [2.75, 3.05) is 13.2 Å². The Labute approximate surface area is 176 Å². The van der Waals surface area contributed by atoms with E-state index in [0.717, 1.165) is 22.9 Å². The van der Waals surface area contributed by atoms with Crippen LogP contribution in [0.2, 0.25) is 0 Å². The second-order valence-corrected chi connectivity index (χ2v) is 7.88. The highest BCUT2D eigenvalue weighted by atomic mass is 16.3. The van der Waals surface area contributed by atoms with E-state index in [0.29, 0.717) is 6.42 Å². The van der Waals surface area contributed by atoms with E-state index < -0.39 is 12.1 Å². The van der Waals surface area contributed by atoms with Gasteiger partial charge in [0.25, 0.3) is 5.91 Å². The summed E-state index contributed by atoms with van der Waals surface area (Å²) in [6, 6.07) is 6.48. The van der Waals surface area contributed by atoms with E-state index in [-0.39, 0.29) is 49.8 Å². The van der Waals surface area contributed by atoms with E-state index in [9.17, 15) is 19.5 Å². The van der Waals surface area contributed by atoms with E-state index >= 15 is 0 Å². The molecule has 3 rings (SSSR count). The van der Waals surface area contributed by atoms with E-state index in [1.165, 1.54) is 4.90 Å². The van der Waals surface area contributed by atoms with Crippen molar-refractivity contribution in [2.45, 2.75) is 51.6 Å². The molecule has 4 N–H and O–H groups in total. The van der Waals surface area contributed by atoms with E-state index in [1.54, 1.807) is 0 Å². The summed E-state index contributed by atoms with van der Waals surface area (Å²) in [5.74, 6) is -0.367. The molecule has 0 saturated carbocycles. The van der Waals surface area contributed by atoms with Crippen molar-refractivity contribution in [1.29, 1.82) is 0 Å². The average Bonchev–Trinajstić information content (AvgIpc) is 3.28. The van der Waals surface area contributed by atoms with Gasteiger partial charge in [0.2, 0.25) is 5.91 Å². The van der Waals surface area contributed by atoms with Crippen LogP contribution < -0.4 is 10.6 Å². The summed E-state index contributed by atoms with van der Waals surface area (Å²) in [6.45, 7) is 4.13. The third-order valence-corrected chi connectivity index (χ3v) is 5.92. The Morgan fingerprint density at radius 1 is 1.30 bits per heavy atom. The zero-order valence-electron chi connectivity index (χ0n) is 17.5. The molecule has 162 valence electrons. The van der Waals surface area contributed by atoms with Gasteiger partial charge in [0.15, 0.2) is 0 Å². The van der Waals surface area contributed by atoms with Gasteiger partial charge in [-0.05, 0) is 30.4 Å². The van der Waals surface area contributed by atoms with Gasteiger partial charge in [-0.3, -0.25) is 14.5 Å². The number of nitrogens with one attached hydrogen (secondary N) is 3. The Kier molecular flexibility index (Phi) is 7.10. The second kappa shape index (κ2) is 9.75. The predicted molar refractivity (Wildman–Crippen MR) is 114 cm³/mol. The highest BCUT2D eigenvalue weighted by Gasteiger charge is 2.37. The van der Waals surface area contributed by atoms with Crippen LogP contribution in [0.5, 0.6) is 0 Å². The molecule has 1 aromatic heterocycles. The number of hydrogen-bond donors (Lipinski definition) is 4. The number of aromatic amines is 1. The quantitative estimate of drug-likeness (QED) is 0.445. The van der Waals surface area contributed by atoms with Gasteiger partial charge >= 0.3 is 6.03 Å². The monoisotopic (exact) mass is 414 g/mol. The Hall–Kier alpha value is -2.87. The van der Waals surface area contributed by atoms with E-state index in [1.807, 2.05) is 44.3 Å². The van der Waals surface area contributed by atoms with Gasteiger partial charge in [-0.15, -0.1) is 0 Å². The predicted octanol–water partition coefficient (Wildman–Crippen LogP) is 1.93. The third-order valence-electron chi connectivity index (χ3n) is 5.92. The number of carbonyl (C=O) groups is 3. The lowest BCUT2D eigenvalue weighted by Gasteiger charge is -2.22. The van der Waals surface area contributed by atoms with Gasteiger partial charge in [0.05, 0.1) is 12.6 Å². The Balaban J connectivity index is 1.51. The fourth-order valence-corrected chi connectivity index (χ4v) is 3.76. The van der Waals surface area contributed by atoms with Gasteiger partial charge in [-0.2, -0.15) is 0 Å². The number of carbonyl (C=O) groups excluding carboxylic acids is 3. The van der Waals surface area contributed by atoms with Crippen LogP contribution in [-0.4, -0.2) is 58.1 Å². The van der Waals surface area contributed by atoms with Crippen LogP contribution in [0.4, 0.5) is 4.79 Å². The lowest BCUT2D eigenvalue weighted by Crippen LogP contribution is -2.42. The molecule has 2 aromatic rings. The molecule has 0 radical (unpaired) electrons. The number of H-pyrrole nitrogens is 1. The number of imide groups is 1. The minimum Gasteiger partial charge on any atom is -0.394 e. The first kappa shape index (κ1) is 21.8. The number of para-hydroxylation sites is 1. The minimum atomic E-state index is -0.692. The third kappa shape index (κ3) is 4.81. The standard InChI is InChI=1S/C22H30N4O4/c1-3-14(2)19(13-27)24-20(28)9-8-18-21(29)26(22(30)25-18)11-10-15-12-23-17-7-5-4-6-16(15)17/h4-7,12,14,18-19,23,27H,3,8-11,13H2,1-2H3,(H,24,28)(H,25,30). The molecule has 0 spiro atoms. The molecule has 2 heterocycles. The van der Waals surface area contributed by atoms with Crippen LogP contribution in [-0.2, 0) is 16.0 Å². The topological polar surface area (TPSA) is 115 Å². The highest BCUT2D eigenvalue weighted by molar-refractivity contribution is 6.04. The van der Waals surface area contributed by atoms with E-state index in [2.05, 4.69) is 15.6 Å². The molecule has 8 nitrogen and oxygen atoms in total. The smallest absolute Gasteiger partial charge is 0.324 e. The normalized spacial score (nSPS) is 18.5. The Bertz CT molecular complexity index is 909. The molecule has 1 aromatic carbocycles. The number of aliphatic hydroxyl groups excluding tert-OH is 1. The van der Waals surface area contributed by atoms with Gasteiger partial charge in [0, 0.05) is 30.1 Å². The number of hydrogen-bond acceptors (Lipinski definition) is 4. The van der Waals surface area contributed by atoms with Crippen molar-refractivity contribution in [1.82, 2.24) is 20.5 Å². The maximum Gasteiger partial charge on any atom is 0.324 e. The maximum atomic E-state index is 12.6. The molecule has 0 aliphatic carbocycles. The summed E-state index contributed by atoms with van der Waals surface area (Å²) in [6.07, 6.45) is 3.65. The van der Waals surface area contributed by atoms with Crippen molar-refractivity contribution in [3.8, 4) is 0 Å². The lowest BCUT2D eigenvalue weighted by molar-refractivity contribution is -0.127. The Morgan fingerprint density at radius 3 is 2.80 bits per heavy atom. The minimum absolute atomic E-state index is 0.111. The first-order valence-corrected chi connectivity index (χ1v) is 10.5. The number of amides is 4. The summed E-state index contributed by atoms with van der Waals surface area (Å²) in [5, 5.41) is 16.0. The number of aliphatic hydroxyl groups is 1. The molecular formula is C22H30N4O4. The van der Waals surface area contributed by atoms with Crippen LogP contribution >= 0.6 is 0 Å². The fourth-order valence-electron chi connectivity index (χ4n) is 3.76. The number of urea groups is 1. The molecule has 3 unspecified atom stereocenters. The SMILES string of the molecule is CCC(C)C(CO)NC(=O)CCC1NC(=O)N(CCc2c[nH]c3ccccc23)C1=O. The Morgan fingerprint density at radius 2 is 2.07 bits per heavy atom. The first-order valence-electron chi connectivity index (χ1n) is 10.5. The van der Waals surface area contributed by atoms with Crippen LogP contribution in [0, 0.1) is 5.92 Å². The van der Waals surface area contributed by atoms with E-state index in [4.69, 9.17) is 0 Å². The van der Waals surface area contributed by atoms with Crippen molar-refractivity contribution in [3.05, 3.63) is 36.0 Å². The van der Waals surface area contributed by atoms with Gasteiger partial charge in [0.1, 0.15) is 6.04 Å². The van der Waals surface area contributed by atoms with Crippen molar-refractivity contribution in [2.24, 2.45) is 5.92 Å². The lowest BCUT2D eigenvalue weighted by atomic mass is 9.99. The van der Waals surface area contributed by atoms with Crippen LogP contribution in [0.3, 0.4) is 0 Å². The fraction of sp³-hybridized carbons (Fsp3) is 0.500. The van der Waals surface area contributed by atoms with Crippen molar-refractivity contribution < 1.29 is 19.5 Å². The number of aromatic nitrogens is 1. The summed E-state index contributed by atoms with van der Waals surface area (Å²) in [4.78, 5) is 41.5. The zero-order valence-corrected chi connectivity index (χ0v) is 17.5. The zero-order chi connectivity index (χ0) is 21.7. The molecule has 0 bridgehead atoms. The summed E-state index contributed by atoms with van der Waals surface area (Å²) in [5.41, 5.74) is 2.07. The number of fused-ring (bicyclic) bond motifs is 1. The van der Waals surface area contributed by atoms with Gasteiger partial charge < -0.3 is 20.7 Å². The molecule has 1 fully saturated rings. The molecule has 1 aliphatic heterocycles. The van der Waals surface area contributed by atoms with Crippen LogP contribution in [0.25, 0.3) is 10.9 Å². The highest BCUT2D eigenvalue weighted by Crippen LogP contribution is 2.19. The number of benzene rings is 1. The summed E-state index contributed by atoms with van der Waals surface area (Å²) in [7, 11) is 0. The largest absolute Gasteiger partial charge is 0.394 e. The maximum absolute atomic E-state index is 12.6. The van der Waals surface area contributed by atoms with Crippen LogP contribution in [0.15, 0.2) is 30.5 Å². The van der Waals surface area contributed by atoms with Gasteiger partial charge in [-0.1, -0.05) is 38.5 Å². The molecule has 8 heteroatoms. The number of nitrogens with zero attached hydrogens (tertiary/aromatic N) is 1. The molecule has 1 aliphatic rings. The molecule has 4 amide bonds. The van der Waals surface area contributed by atoms with Crippen molar-refractivity contribution in [3.63, 3.8) is 0 Å². The average molecular weight is 415 g/mol. The first-order chi connectivity index (χ1) is 14.4. The molecule has 1 saturated heterocycles.